The first-order valence-corrected chi connectivity index (χ1v) is 11.2. The normalized spacial score (nSPS) is 24.5. The number of unbranched alkanes of at least 4 members (excludes halogenated alkanes) is 1. The summed E-state index contributed by atoms with van der Waals surface area (Å²) < 4.78 is 2.01. The van der Waals surface area contributed by atoms with Crippen LogP contribution in [0.5, 0.6) is 0 Å². The maximum absolute atomic E-state index is 5.19. The third-order valence-electron chi connectivity index (χ3n) is 5.45. The number of aliphatic imine (C=N–C) groups is 1. The van der Waals surface area contributed by atoms with E-state index in [4.69, 9.17) is 9.98 Å². The molecule has 7 heteroatoms. The van der Waals surface area contributed by atoms with Gasteiger partial charge in [-0.2, -0.15) is 0 Å². The van der Waals surface area contributed by atoms with E-state index < -0.39 is 0 Å². The minimum Gasteiger partial charge on any atom is -0.274 e. The Morgan fingerprint density at radius 3 is 3.08 bits per heavy atom. The quantitative estimate of drug-likeness (QED) is 0.741. The predicted molar refractivity (Wildman–Crippen MR) is 103 cm³/mol. The second-order valence-electron chi connectivity index (χ2n) is 6.86. The zero-order valence-corrected chi connectivity index (χ0v) is 16.2. The van der Waals surface area contributed by atoms with Crippen molar-refractivity contribution in [2.75, 3.05) is 6.26 Å². The molecule has 0 N–H and O–H groups in total. The number of hydrogen-bond donors (Lipinski definition) is 0. The maximum atomic E-state index is 5.19. The summed E-state index contributed by atoms with van der Waals surface area (Å²) in [5.41, 5.74) is 6.66. The molecule has 25 heavy (non-hydrogen) atoms. The van der Waals surface area contributed by atoms with Crippen molar-refractivity contribution >= 4 is 34.9 Å². The number of rotatable bonds is 4. The molecule has 0 saturated heterocycles. The van der Waals surface area contributed by atoms with E-state index in [1.165, 1.54) is 48.4 Å². The standard InChI is InChI=1S/C18H21N5S2/c1-3-4-8-12-10-6-5-7-11(10)13-14-15(25-17(13)20-12)16-21-22-18(24-2)23(16)9-19-14/h9,13,17H,3-8H2,1-2H3/t13-,17+/m1/s1. The van der Waals surface area contributed by atoms with Gasteiger partial charge in [0.2, 0.25) is 0 Å². The Morgan fingerprint density at radius 1 is 1.32 bits per heavy atom. The van der Waals surface area contributed by atoms with Gasteiger partial charge in [0.25, 0.3) is 0 Å². The highest BCUT2D eigenvalue weighted by molar-refractivity contribution is 8.00. The second-order valence-corrected chi connectivity index (χ2v) is 8.76. The van der Waals surface area contributed by atoms with E-state index >= 15 is 0 Å². The molecular weight excluding hydrogens is 350 g/mol. The molecule has 0 spiro atoms. The first kappa shape index (κ1) is 15.9. The molecule has 5 nitrogen and oxygen atoms in total. The van der Waals surface area contributed by atoms with Crippen molar-refractivity contribution in [2.24, 2.45) is 4.99 Å². The molecule has 2 atom stereocenters. The minimum absolute atomic E-state index is 0.242. The van der Waals surface area contributed by atoms with Crippen molar-refractivity contribution in [2.45, 2.75) is 66.8 Å². The van der Waals surface area contributed by atoms with Crippen molar-refractivity contribution in [1.29, 1.82) is 0 Å². The molecule has 0 radical (unpaired) electrons. The molecule has 0 saturated carbocycles. The van der Waals surface area contributed by atoms with Crippen LogP contribution < -0.4 is 0 Å². The first-order chi connectivity index (χ1) is 12.3. The van der Waals surface area contributed by atoms with Crippen LogP contribution in [0.15, 0.2) is 32.5 Å². The van der Waals surface area contributed by atoms with Gasteiger partial charge >= 0.3 is 0 Å². The second kappa shape index (κ2) is 6.13. The topological polar surface area (TPSA) is 55.4 Å². The third-order valence-corrected chi connectivity index (χ3v) is 7.34. The molecule has 130 valence electrons. The first-order valence-electron chi connectivity index (χ1n) is 9.05. The number of thioether (sulfide) groups is 2. The zero-order valence-electron chi connectivity index (χ0n) is 14.5. The van der Waals surface area contributed by atoms with Gasteiger partial charge in [-0.25, -0.2) is 4.98 Å². The summed E-state index contributed by atoms with van der Waals surface area (Å²) in [5, 5.41) is 9.88. The smallest absolute Gasteiger partial charge is 0.196 e. The lowest BCUT2D eigenvalue weighted by molar-refractivity contribution is 0.692. The van der Waals surface area contributed by atoms with Crippen molar-refractivity contribution in [1.82, 2.24) is 19.6 Å². The lowest BCUT2D eigenvalue weighted by atomic mass is 9.87. The average Bonchev–Trinajstić information content (AvgIpc) is 3.33. The van der Waals surface area contributed by atoms with E-state index in [-0.39, 0.29) is 5.37 Å². The van der Waals surface area contributed by atoms with Crippen LogP contribution in [0.2, 0.25) is 0 Å². The number of nitrogens with zero attached hydrogens (tertiary/aromatic N) is 5. The summed E-state index contributed by atoms with van der Waals surface area (Å²) >= 11 is 3.45. The van der Waals surface area contributed by atoms with E-state index in [1.54, 1.807) is 22.9 Å². The van der Waals surface area contributed by atoms with Crippen LogP contribution in [0.25, 0.3) is 5.65 Å². The molecule has 2 aromatic heterocycles. The van der Waals surface area contributed by atoms with Gasteiger partial charge in [0.1, 0.15) is 11.7 Å². The Morgan fingerprint density at radius 2 is 2.24 bits per heavy atom. The number of hydrogen-bond acceptors (Lipinski definition) is 6. The van der Waals surface area contributed by atoms with E-state index in [1.807, 2.05) is 28.7 Å². The molecule has 1 aliphatic carbocycles. The zero-order chi connectivity index (χ0) is 17.0. The Hall–Kier alpha value is -1.34. The molecule has 0 aromatic carbocycles. The fourth-order valence-electron chi connectivity index (χ4n) is 4.30. The van der Waals surface area contributed by atoms with Gasteiger partial charge in [-0.1, -0.05) is 42.4 Å². The Bertz CT molecular complexity index is 914. The molecule has 5 rings (SSSR count). The summed E-state index contributed by atoms with van der Waals surface area (Å²) in [4.78, 5) is 11.2. The van der Waals surface area contributed by atoms with Crippen LogP contribution in [-0.4, -0.2) is 36.9 Å². The summed E-state index contributed by atoms with van der Waals surface area (Å²) in [6.07, 6.45) is 11.2. The van der Waals surface area contributed by atoms with Gasteiger partial charge in [0.15, 0.2) is 10.8 Å². The third kappa shape index (κ3) is 2.31. The molecule has 0 bridgehead atoms. The fraction of sp³-hybridized carbons (Fsp3) is 0.556. The lowest BCUT2D eigenvalue weighted by Gasteiger charge is -2.26. The molecule has 2 aromatic rings. The van der Waals surface area contributed by atoms with E-state index in [0.29, 0.717) is 5.92 Å². The highest BCUT2D eigenvalue weighted by atomic mass is 32.2. The summed E-state index contributed by atoms with van der Waals surface area (Å²) in [7, 11) is 0. The predicted octanol–water partition coefficient (Wildman–Crippen LogP) is 4.49. The lowest BCUT2D eigenvalue weighted by Crippen LogP contribution is -2.21. The van der Waals surface area contributed by atoms with Gasteiger partial charge in [-0.15, -0.1) is 10.2 Å². The van der Waals surface area contributed by atoms with Crippen LogP contribution in [0, 0.1) is 0 Å². The van der Waals surface area contributed by atoms with Crippen LogP contribution in [-0.2, 0) is 0 Å². The summed E-state index contributed by atoms with van der Waals surface area (Å²) in [5.74, 6) is 0.349. The van der Waals surface area contributed by atoms with Crippen molar-refractivity contribution in [3.63, 3.8) is 0 Å². The number of aromatic nitrogens is 4. The van der Waals surface area contributed by atoms with Crippen molar-refractivity contribution < 1.29 is 0 Å². The summed E-state index contributed by atoms with van der Waals surface area (Å²) in [6.45, 7) is 2.26. The molecule has 3 aliphatic rings. The van der Waals surface area contributed by atoms with Gasteiger partial charge in [0, 0.05) is 5.71 Å². The van der Waals surface area contributed by atoms with Crippen LogP contribution in [0.3, 0.4) is 0 Å². The van der Waals surface area contributed by atoms with Crippen LogP contribution in [0.1, 0.15) is 57.1 Å². The number of allylic oxidation sites excluding steroid dienone is 1. The molecular formula is C18H21N5S2. The SMILES string of the molecule is CCCCC1=N[C@H]2Sc3c(ncn4c(SC)nnc34)[C@H]2C2=C1CCC2. The van der Waals surface area contributed by atoms with Crippen molar-refractivity contribution in [3.8, 4) is 0 Å². The van der Waals surface area contributed by atoms with E-state index in [9.17, 15) is 0 Å². The van der Waals surface area contributed by atoms with Crippen LogP contribution >= 0.6 is 23.5 Å². The highest BCUT2D eigenvalue weighted by Crippen LogP contribution is 2.55. The van der Waals surface area contributed by atoms with Crippen molar-refractivity contribution in [3.05, 3.63) is 23.2 Å². The Balaban J connectivity index is 1.62. The van der Waals surface area contributed by atoms with E-state index in [2.05, 4.69) is 17.1 Å². The molecule has 0 fully saturated rings. The average molecular weight is 372 g/mol. The van der Waals surface area contributed by atoms with E-state index in [0.717, 1.165) is 17.2 Å². The highest BCUT2D eigenvalue weighted by Gasteiger charge is 2.44. The largest absolute Gasteiger partial charge is 0.274 e. The van der Waals surface area contributed by atoms with Crippen LogP contribution in [0.4, 0.5) is 0 Å². The minimum atomic E-state index is 0.242. The maximum Gasteiger partial charge on any atom is 0.196 e. The molecule has 2 aliphatic heterocycles. The Labute approximate surface area is 155 Å². The van der Waals surface area contributed by atoms with Gasteiger partial charge in [0.05, 0.1) is 16.5 Å². The van der Waals surface area contributed by atoms with Gasteiger partial charge in [-0.05, 0) is 43.9 Å². The summed E-state index contributed by atoms with van der Waals surface area (Å²) in [6, 6.07) is 0. The molecule has 4 heterocycles. The van der Waals surface area contributed by atoms with Gasteiger partial charge < -0.3 is 0 Å². The fourth-order valence-corrected chi connectivity index (χ4v) is 6.14. The number of fused-ring (bicyclic) bond motifs is 6. The number of dihydropyridines is 1. The Kier molecular flexibility index (Phi) is 3.89. The monoisotopic (exact) mass is 371 g/mol. The molecule has 0 unspecified atom stereocenters. The molecule has 0 amide bonds. The van der Waals surface area contributed by atoms with Gasteiger partial charge in [-0.3, -0.25) is 9.39 Å².